The van der Waals surface area contributed by atoms with E-state index in [2.05, 4.69) is 46.6 Å². The molecule has 17 heavy (non-hydrogen) atoms. The van der Waals surface area contributed by atoms with Gasteiger partial charge in [0.25, 0.3) is 0 Å². The maximum Gasteiger partial charge on any atom is 0.134 e. The van der Waals surface area contributed by atoms with Crippen molar-refractivity contribution < 1.29 is 4.74 Å². The molecule has 0 atom stereocenters. The van der Waals surface area contributed by atoms with Crippen molar-refractivity contribution in [2.75, 3.05) is 26.7 Å². The average molecular weight is 296 g/mol. The van der Waals surface area contributed by atoms with E-state index >= 15 is 0 Å². The highest BCUT2D eigenvalue weighted by Gasteiger charge is 2.14. The maximum atomic E-state index is 5.64. The van der Waals surface area contributed by atoms with Crippen LogP contribution in [0.4, 0.5) is 0 Å². The fourth-order valence-electron chi connectivity index (χ4n) is 2.10. The normalized spacial score (nSPS) is 16.1. The summed E-state index contributed by atoms with van der Waals surface area (Å²) in [5, 5.41) is 0. The molecule has 0 saturated carbocycles. The predicted octanol–water partition coefficient (Wildman–Crippen LogP) is 3.04. The van der Waals surface area contributed by atoms with E-state index < -0.39 is 0 Å². The van der Waals surface area contributed by atoms with Crippen molar-refractivity contribution in [2.45, 2.75) is 12.8 Å². The minimum Gasteiger partial charge on any atom is -0.488 e. The number of hydrogen-bond donors (Lipinski definition) is 0. The largest absolute Gasteiger partial charge is 0.488 e. The predicted molar refractivity (Wildman–Crippen MR) is 74.7 cm³/mol. The van der Waals surface area contributed by atoms with Crippen LogP contribution in [0.2, 0.25) is 0 Å². The Bertz CT molecular complexity index is 417. The van der Waals surface area contributed by atoms with Crippen LogP contribution in [0.3, 0.4) is 0 Å². The van der Waals surface area contributed by atoms with Gasteiger partial charge in [0.05, 0.1) is 4.47 Å². The average Bonchev–Trinajstić information content (AvgIpc) is 2.49. The lowest BCUT2D eigenvalue weighted by Crippen LogP contribution is -2.20. The molecule has 2 nitrogen and oxygen atoms in total. The van der Waals surface area contributed by atoms with Gasteiger partial charge in [-0.3, -0.25) is 0 Å². The third-order valence-corrected chi connectivity index (χ3v) is 3.76. The van der Waals surface area contributed by atoms with Gasteiger partial charge in [0, 0.05) is 13.1 Å². The molecular formula is C14H18BrNO. The molecule has 0 bridgehead atoms. The smallest absolute Gasteiger partial charge is 0.134 e. The fourth-order valence-corrected chi connectivity index (χ4v) is 2.60. The molecule has 2 rings (SSSR count). The van der Waals surface area contributed by atoms with Gasteiger partial charge < -0.3 is 9.64 Å². The van der Waals surface area contributed by atoms with Crippen LogP contribution in [0.1, 0.15) is 11.1 Å². The molecule has 1 aliphatic rings. The Labute approximate surface area is 111 Å². The fraction of sp³-hybridized carbons (Fsp3) is 0.429. The van der Waals surface area contributed by atoms with Crippen molar-refractivity contribution in [3.8, 4) is 5.75 Å². The SMILES string of the molecule is C=CCOc1cc2c(cc1Br)CCN(C)CC2. The van der Waals surface area contributed by atoms with Crippen molar-refractivity contribution in [2.24, 2.45) is 0 Å². The van der Waals surface area contributed by atoms with Gasteiger partial charge in [0.1, 0.15) is 12.4 Å². The van der Waals surface area contributed by atoms with Crippen molar-refractivity contribution in [3.05, 3.63) is 40.4 Å². The number of benzene rings is 1. The van der Waals surface area contributed by atoms with Crippen LogP contribution in [-0.2, 0) is 12.8 Å². The molecule has 0 unspecified atom stereocenters. The van der Waals surface area contributed by atoms with Crippen LogP contribution in [0.5, 0.6) is 5.75 Å². The Morgan fingerprint density at radius 2 is 2.00 bits per heavy atom. The van der Waals surface area contributed by atoms with Crippen molar-refractivity contribution >= 4 is 15.9 Å². The molecule has 0 amide bonds. The number of hydrogen-bond acceptors (Lipinski definition) is 2. The van der Waals surface area contributed by atoms with Crippen molar-refractivity contribution in [3.63, 3.8) is 0 Å². The summed E-state index contributed by atoms with van der Waals surface area (Å²) in [4.78, 5) is 2.37. The number of likely N-dealkylation sites (N-methyl/N-ethyl adjacent to an activating group) is 1. The first kappa shape index (κ1) is 12.7. The lowest BCUT2D eigenvalue weighted by Gasteiger charge is -2.11. The first-order chi connectivity index (χ1) is 8.20. The van der Waals surface area contributed by atoms with Crippen LogP contribution in [0, 0.1) is 0 Å². The monoisotopic (exact) mass is 295 g/mol. The third-order valence-electron chi connectivity index (χ3n) is 3.14. The standard InChI is InChI=1S/C14H18BrNO/c1-3-8-17-14-10-12-5-7-16(2)6-4-11(12)9-13(14)15/h3,9-10H,1,4-8H2,2H3. The van der Waals surface area contributed by atoms with E-state index in [4.69, 9.17) is 4.74 Å². The Kier molecular flexibility index (Phi) is 4.24. The minimum absolute atomic E-state index is 0.553. The number of fused-ring (bicyclic) bond motifs is 1. The maximum absolute atomic E-state index is 5.64. The zero-order valence-corrected chi connectivity index (χ0v) is 11.8. The summed E-state index contributed by atoms with van der Waals surface area (Å²) >= 11 is 3.57. The Morgan fingerprint density at radius 3 is 2.65 bits per heavy atom. The molecule has 1 aromatic carbocycles. The summed E-state index contributed by atoms with van der Waals surface area (Å²) in [5.74, 6) is 0.924. The highest BCUT2D eigenvalue weighted by atomic mass is 79.9. The molecule has 0 N–H and O–H groups in total. The second kappa shape index (κ2) is 5.69. The third kappa shape index (κ3) is 3.11. The Balaban J connectivity index is 2.25. The molecule has 0 radical (unpaired) electrons. The van der Waals surface area contributed by atoms with Gasteiger partial charge in [-0.1, -0.05) is 12.7 Å². The molecule has 1 aliphatic heterocycles. The van der Waals surface area contributed by atoms with E-state index in [1.54, 1.807) is 6.08 Å². The lowest BCUT2D eigenvalue weighted by atomic mass is 10.0. The van der Waals surface area contributed by atoms with Gasteiger partial charge in [-0.05, 0) is 59.1 Å². The molecule has 1 aromatic rings. The zero-order chi connectivity index (χ0) is 12.3. The van der Waals surface area contributed by atoms with E-state index in [0.717, 1.165) is 36.2 Å². The van der Waals surface area contributed by atoms with Gasteiger partial charge in [-0.15, -0.1) is 0 Å². The highest BCUT2D eigenvalue weighted by molar-refractivity contribution is 9.10. The van der Waals surface area contributed by atoms with E-state index in [9.17, 15) is 0 Å². The zero-order valence-electron chi connectivity index (χ0n) is 10.2. The van der Waals surface area contributed by atoms with Gasteiger partial charge in [-0.2, -0.15) is 0 Å². The van der Waals surface area contributed by atoms with E-state index in [-0.39, 0.29) is 0 Å². The summed E-state index contributed by atoms with van der Waals surface area (Å²) in [7, 11) is 2.18. The molecule has 0 spiro atoms. The summed E-state index contributed by atoms with van der Waals surface area (Å²) in [6.45, 7) is 6.48. The molecule has 0 saturated heterocycles. The number of nitrogens with zero attached hydrogens (tertiary/aromatic N) is 1. The summed E-state index contributed by atoms with van der Waals surface area (Å²) in [6, 6.07) is 4.37. The van der Waals surface area contributed by atoms with Crippen molar-refractivity contribution in [1.82, 2.24) is 4.90 Å². The molecular weight excluding hydrogens is 278 g/mol. The lowest BCUT2D eigenvalue weighted by molar-refractivity contribution is 0.352. The first-order valence-corrected chi connectivity index (χ1v) is 6.73. The molecule has 3 heteroatoms. The van der Waals surface area contributed by atoms with Gasteiger partial charge in [0.15, 0.2) is 0 Å². The number of halogens is 1. The Morgan fingerprint density at radius 1 is 1.35 bits per heavy atom. The molecule has 92 valence electrons. The van der Waals surface area contributed by atoms with Gasteiger partial charge in [-0.25, -0.2) is 0 Å². The van der Waals surface area contributed by atoms with Crippen molar-refractivity contribution in [1.29, 1.82) is 0 Å². The van der Waals surface area contributed by atoms with Crippen LogP contribution in [-0.4, -0.2) is 31.6 Å². The highest BCUT2D eigenvalue weighted by Crippen LogP contribution is 2.30. The number of ether oxygens (including phenoxy) is 1. The van der Waals surface area contributed by atoms with Crippen LogP contribution in [0.25, 0.3) is 0 Å². The molecule has 1 heterocycles. The Hall–Kier alpha value is -0.800. The van der Waals surface area contributed by atoms with Crippen LogP contribution >= 0.6 is 15.9 Å². The van der Waals surface area contributed by atoms with Gasteiger partial charge in [0.2, 0.25) is 0 Å². The van der Waals surface area contributed by atoms with E-state index in [1.807, 2.05) is 0 Å². The molecule has 0 aliphatic carbocycles. The quantitative estimate of drug-likeness (QED) is 0.795. The molecule has 0 aromatic heterocycles. The second-order valence-corrected chi connectivity index (χ2v) is 5.31. The summed E-state index contributed by atoms with van der Waals surface area (Å²) in [6.07, 6.45) is 3.99. The first-order valence-electron chi connectivity index (χ1n) is 5.94. The summed E-state index contributed by atoms with van der Waals surface area (Å²) < 4.78 is 6.69. The van der Waals surface area contributed by atoms with E-state index in [1.165, 1.54) is 11.1 Å². The minimum atomic E-state index is 0.553. The van der Waals surface area contributed by atoms with Gasteiger partial charge >= 0.3 is 0 Å². The van der Waals surface area contributed by atoms with Crippen LogP contribution in [0.15, 0.2) is 29.3 Å². The van der Waals surface area contributed by atoms with E-state index in [0.29, 0.717) is 6.61 Å². The molecule has 0 fully saturated rings. The number of rotatable bonds is 3. The topological polar surface area (TPSA) is 12.5 Å². The second-order valence-electron chi connectivity index (χ2n) is 4.45. The summed E-state index contributed by atoms with van der Waals surface area (Å²) in [5.41, 5.74) is 2.85. The van der Waals surface area contributed by atoms with Crippen LogP contribution < -0.4 is 4.74 Å².